The minimum absolute atomic E-state index is 0.0430. The SMILES string of the molecule is O=C(O)CCNc1cc(Oc2ccc(Cl)cc2Cl)ccc1[N+](=O)[O-]. The number of ether oxygens (including phenoxy) is 1. The van der Waals surface area contributed by atoms with Crippen LogP contribution in [-0.2, 0) is 4.79 Å². The molecule has 0 atom stereocenters. The van der Waals surface area contributed by atoms with E-state index in [0.29, 0.717) is 21.5 Å². The Morgan fingerprint density at radius 3 is 2.62 bits per heavy atom. The lowest BCUT2D eigenvalue weighted by Crippen LogP contribution is -2.09. The number of nitro benzene ring substituents is 1. The zero-order chi connectivity index (χ0) is 17.7. The molecule has 24 heavy (non-hydrogen) atoms. The highest BCUT2D eigenvalue weighted by atomic mass is 35.5. The molecule has 0 spiro atoms. The molecule has 2 aromatic carbocycles. The number of anilines is 1. The Kier molecular flexibility index (Phi) is 5.83. The van der Waals surface area contributed by atoms with Crippen molar-refractivity contribution < 1.29 is 19.6 Å². The van der Waals surface area contributed by atoms with E-state index in [2.05, 4.69) is 5.32 Å². The van der Waals surface area contributed by atoms with E-state index in [9.17, 15) is 14.9 Å². The van der Waals surface area contributed by atoms with Gasteiger partial charge >= 0.3 is 5.97 Å². The number of hydrogen-bond acceptors (Lipinski definition) is 5. The lowest BCUT2D eigenvalue weighted by atomic mass is 10.2. The van der Waals surface area contributed by atoms with Crippen LogP contribution in [0.3, 0.4) is 0 Å². The number of carboxylic acids is 1. The van der Waals surface area contributed by atoms with Crippen molar-refractivity contribution in [1.82, 2.24) is 0 Å². The Morgan fingerprint density at radius 2 is 2.00 bits per heavy atom. The number of aliphatic carboxylic acids is 1. The smallest absolute Gasteiger partial charge is 0.305 e. The van der Waals surface area contributed by atoms with Gasteiger partial charge in [0.25, 0.3) is 5.69 Å². The third-order valence-electron chi connectivity index (χ3n) is 2.94. The van der Waals surface area contributed by atoms with E-state index in [1.807, 2.05) is 0 Å². The molecule has 9 heteroatoms. The maximum absolute atomic E-state index is 11.1. The van der Waals surface area contributed by atoms with Crippen LogP contribution >= 0.6 is 23.2 Å². The fourth-order valence-electron chi connectivity index (χ4n) is 1.87. The minimum Gasteiger partial charge on any atom is -0.481 e. The number of nitrogens with one attached hydrogen (secondary N) is 1. The second-order valence-corrected chi connectivity index (χ2v) is 5.53. The van der Waals surface area contributed by atoms with Gasteiger partial charge in [0, 0.05) is 23.7 Å². The quantitative estimate of drug-likeness (QED) is 0.546. The molecule has 2 N–H and O–H groups in total. The predicted octanol–water partition coefficient (Wildman–Crippen LogP) is 4.58. The monoisotopic (exact) mass is 370 g/mol. The van der Waals surface area contributed by atoms with Crippen LogP contribution in [0.15, 0.2) is 36.4 Å². The van der Waals surface area contributed by atoms with Gasteiger partial charge in [0.05, 0.1) is 16.4 Å². The van der Waals surface area contributed by atoms with Gasteiger partial charge in [0.15, 0.2) is 0 Å². The van der Waals surface area contributed by atoms with Crippen LogP contribution in [0.4, 0.5) is 11.4 Å². The van der Waals surface area contributed by atoms with Gasteiger partial charge in [0.1, 0.15) is 17.2 Å². The van der Waals surface area contributed by atoms with Crippen molar-refractivity contribution in [2.45, 2.75) is 6.42 Å². The van der Waals surface area contributed by atoms with Crippen LogP contribution in [0, 0.1) is 10.1 Å². The van der Waals surface area contributed by atoms with E-state index in [1.54, 1.807) is 12.1 Å². The first-order chi connectivity index (χ1) is 11.4. The van der Waals surface area contributed by atoms with E-state index in [4.69, 9.17) is 33.0 Å². The number of carbonyl (C=O) groups is 1. The highest BCUT2D eigenvalue weighted by Gasteiger charge is 2.15. The molecule has 2 aromatic rings. The lowest BCUT2D eigenvalue weighted by molar-refractivity contribution is -0.384. The third kappa shape index (κ3) is 4.74. The number of benzene rings is 2. The molecule has 0 saturated carbocycles. The Bertz CT molecular complexity index is 782. The fraction of sp³-hybridized carbons (Fsp3) is 0.133. The molecule has 0 aliphatic rings. The van der Waals surface area contributed by atoms with E-state index in [0.717, 1.165) is 0 Å². The number of nitro groups is 1. The van der Waals surface area contributed by atoms with Crippen molar-refractivity contribution in [2.75, 3.05) is 11.9 Å². The number of nitrogens with zero attached hydrogens (tertiary/aromatic N) is 1. The first-order valence-corrected chi connectivity index (χ1v) is 7.49. The Balaban J connectivity index is 2.24. The second-order valence-electron chi connectivity index (χ2n) is 4.68. The molecule has 0 radical (unpaired) electrons. The summed E-state index contributed by atoms with van der Waals surface area (Å²) in [7, 11) is 0. The molecule has 0 fully saturated rings. The average molecular weight is 371 g/mol. The summed E-state index contributed by atoms with van der Waals surface area (Å²) in [6.07, 6.45) is -0.175. The van der Waals surface area contributed by atoms with Gasteiger partial charge < -0.3 is 15.2 Å². The van der Waals surface area contributed by atoms with Gasteiger partial charge in [-0.2, -0.15) is 0 Å². The zero-order valence-corrected chi connectivity index (χ0v) is 13.7. The number of carboxylic acid groups (broad SMARTS) is 1. The topological polar surface area (TPSA) is 102 Å². The summed E-state index contributed by atoms with van der Waals surface area (Å²) in [5, 5.41) is 23.2. The molecule has 0 saturated heterocycles. The molecular formula is C15H12Cl2N2O5. The van der Waals surface area contributed by atoms with Crippen molar-refractivity contribution >= 4 is 40.5 Å². The summed E-state index contributed by atoms with van der Waals surface area (Å²) in [5.41, 5.74) is -0.0289. The Hall–Kier alpha value is -2.51. The van der Waals surface area contributed by atoms with E-state index >= 15 is 0 Å². The van der Waals surface area contributed by atoms with E-state index in [1.165, 1.54) is 24.3 Å². The van der Waals surface area contributed by atoms with Gasteiger partial charge in [-0.05, 0) is 24.3 Å². The molecule has 0 bridgehead atoms. The van der Waals surface area contributed by atoms with E-state index in [-0.39, 0.29) is 24.3 Å². The fourth-order valence-corrected chi connectivity index (χ4v) is 2.32. The third-order valence-corrected chi connectivity index (χ3v) is 3.47. The standard InChI is InChI=1S/C15H12Cl2N2O5/c16-9-1-4-14(11(17)7-9)24-10-2-3-13(19(22)23)12(8-10)18-6-5-15(20)21/h1-4,7-8,18H,5-6H2,(H,20,21). The summed E-state index contributed by atoms with van der Waals surface area (Å²) in [6, 6.07) is 8.78. The maximum Gasteiger partial charge on any atom is 0.305 e. The van der Waals surface area contributed by atoms with Crippen molar-refractivity contribution in [3.63, 3.8) is 0 Å². The highest BCUT2D eigenvalue weighted by molar-refractivity contribution is 6.35. The number of hydrogen-bond donors (Lipinski definition) is 2. The zero-order valence-electron chi connectivity index (χ0n) is 12.2. The Morgan fingerprint density at radius 1 is 1.25 bits per heavy atom. The molecular weight excluding hydrogens is 359 g/mol. The molecule has 0 aliphatic carbocycles. The van der Waals surface area contributed by atoms with Crippen LogP contribution in [0.1, 0.15) is 6.42 Å². The molecule has 7 nitrogen and oxygen atoms in total. The van der Waals surface area contributed by atoms with Crippen molar-refractivity contribution in [1.29, 1.82) is 0 Å². The summed E-state index contributed by atoms with van der Waals surface area (Å²) >= 11 is 11.8. The summed E-state index contributed by atoms with van der Waals surface area (Å²) in [4.78, 5) is 21.0. The first kappa shape index (κ1) is 17.8. The number of rotatable bonds is 7. The summed E-state index contributed by atoms with van der Waals surface area (Å²) in [6.45, 7) is 0.0430. The van der Waals surface area contributed by atoms with Gasteiger partial charge in [0.2, 0.25) is 0 Å². The van der Waals surface area contributed by atoms with Crippen LogP contribution < -0.4 is 10.1 Å². The molecule has 126 valence electrons. The average Bonchev–Trinajstić information content (AvgIpc) is 2.49. The predicted molar refractivity (Wildman–Crippen MR) is 90.4 cm³/mol. The van der Waals surface area contributed by atoms with Gasteiger partial charge in [-0.3, -0.25) is 14.9 Å². The highest BCUT2D eigenvalue weighted by Crippen LogP contribution is 2.35. The summed E-state index contributed by atoms with van der Waals surface area (Å²) in [5.74, 6) is -0.362. The van der Waals surface area contributed by atoms with Crippen LogP contribution in [0.5, 0.6) is 11.5 Å². The molecule has 2 rings (SSSR count). The van der Waals surface area contributed by atoms with Crippen LogP contribution in [0.25, 0.3) is 0 Å². The summed E-state index contributed by atoms with van der Waals surface area (Å²) < 4.78 is 5.60. The first-order valence-electron chi connectivity index (χ1n) is 6.74. The van der Waals surface area contributed by atoms with Crippen LogP contribution in [-0.4, -0.2) is 22.5 Å². The molecule has 0 amide bonds. The molecule has 0 heterocycles. The van der Waals surface area contributed by atoms with Gasteiger partial charge in [-0.25, -0.2) is 0 Å². The van der Waals surface area contributed by atoms with Crippen molar-refractivity contribution in [2.24, 2.45) is 0 Å². The Labute approximate surface area is 146 Å². The van der Waals surface area contributed by atoms with Crippen LogP contribution in [0.2, 0.25) is 10.0 Å². The molecule has 0 unspecified atom stereocenters. The van der Waals surface area contributed by atoms with Crippen molar-refractivity contribution in [3.05, 3.63) is 56.6 Å². The lowest BCUT2D eigenvalue weighted by Gasteiger charge is -2.11. The van der Waals surface area contributed by atoms with Gasteiger partial charge in [-0.15, -0.1) is 0 Å². The number of halogens is 2. The van der Waals surface area contributed by atoms with Gasteiger partial charge in [-0.1, -0.05) is 23.2 Å². The minimum atomic E-state index is -1.01. The largest absolute Gasteiger partial charge is 0.481 e. The van der Waals surface area contributed by atoms with E-state index < -0.39 is 10.9 Å². The second kappa shape index (κ2) is 7.85. The molecule has 0 aromatic heterocycles. The maximum atomic E-state index is 11.1. The van der Waals surface area contributed by atoms with Crippen molar-refractivity contribution in [3.8, 4) is 11.5 Å². The normalized spacial score (nSPS) is 10.2. The molecule has 0 aliphatic heterocycles.